The van der Waals surface area contributed by atoms with Gasteiger partial charge in [0.1, 0.15) is 6.04 Å². The van der Waals surface area contributed by atoms with Gasteiger partial charge in [0, 0.05) is 26.2 Å². The lowest BCUT2D eigenvalue weighted by Crippen LogP contribution is -2.54. The predicted molar refractivity (Wildman–Crippen MR) is 57.7 cm³/mol. The zero-order valence-corrected chi connectivity index (χ0v) is 9.89. The van der Waals surface area contributed by atoms with E-state index in [1.807, 2.05) is 4.90 Å². The molecule has 0 amide bonds. The highest BCUT2D eigenvalue weighted by molar-refractivity contribution is 7.32. The van der Waals surface area contributed by atoms with Crippen LogP contribution in [-0.2, 0) is 13.9 Å². The van der Waals surface area contributed by atoms with Crippen molar-refractivity contribution in [2.24, 2.45) is 0 Å². The van der Waals surface area contributed by atoms with Gasteiger partial charge in [0.15, 0.2) is 0 Å². The van der Waals surface area contributed by atoms with E-state index in [1.54, 1.807) is 0 Å². The summed E-state index contributed by atoms with van der Waals surface area (Å²) >= 11 is 0. The standard InChI is InChI=1S/C8H17N2O5P/c11-8(12)7-6-10(4-2-9-7)3-1-5-15-16(13)14/h7,9,16H,1-6H2,(H,11,12)(H,13,14)/t7-/m1/s1. The first-order valence-electron chi connectivity index (χ1n) is 5.14. The minimum Gasteiger partial charge on any atom is -0.480 e. The summed E-state index contributed by atoms with van der Waals surface area (Å²) in [5, 5.41) is 11.7. The molecule has 0 aromatic heterocycles. The Labute approximate surface area is 94.3 Å². The summed E-state index contributed by atoms with van der Waals surface area (Å²) in [5.41, 5.74) is 0. The van der Waals surface area contributed by atoms with E-state index in [4.69, 9.17) is 10.00 Å². The van der Waals surface area contributed by atoms with E-state index in [2.05, 4.69) is 9.84 Å². The first-order chi connectivity index (χ1) is 7.59. The Morgan fingerprint density at radius 3 is 3.00 bits per heavy atom. The van der Waals surface area contributed by atoms with Gasteiger partial charge in [-0.2, -0.15) is 0 Å². The van der Waals surface area contributed by atoms with Crippen molar-refractivity contribution in [2.45, 2.75) is 12.5 Å². The first kappa shape index (κ1) is 13.6. The fourth-order valence-corrected chi connectivity index (χ4v) is 1.95. The van der Waals surface area contributed by atoms with Gasteiger partial charge < -0.3 is 19.8 Å². The highest BCUT2D eigenvalue weighted by Gasteiger charge is 2.24. The van der Waals surface area contributed by atoms with Gasteiger partial charge in [0.2, 0.25) is 0 Å². The van der Waals surface area contributed by atoms with E-state index in [9.17, 15) is 9.36 Å². The number of hydrogen-bond donors (Lipinski definition) is 3. The summed E-state index contributed by atoms with van der Waals surface area (Å²) in [6.45, 7) is 2.81. The van der Waals surface area contributed by atoms with Crippen LogP contribution in [0.2, 0.25) is 0 Å². The zero-order chi connectivity index (χ0) is 12.0. The number of nitrogens with one attached hydrogen (secondary N) is 1. The number of hydrogen-bond acceptors (Lipinski definition) is 5. The summed E-state index contributed by atoms with van der Waals surface area (Å²) in [4.78, 5) is 21.2. The quantitative estimate of drug-likeness (QED) is 0.417. The largest absolute Gasteiger partial charge is 0.480 e. The second kappa shape index (κ2) is 6.98. The summed E-state index contributed by atoms with van der Waals surface area (Å²) < 4.78 is 14.8. The average molecular weight is 252 g/mol. The van der Waals surface area contributed by atoms with Crippen molar-refractivity contribution in [1.82, 2.24) is 10.2 Å². The van der Waals surface area contributed by atoms with Gasteiger partial charge in [0.05, 0.1) is 6.61 Å². The third-order valence-electron chi connectivity index (χ3n) is 2.40. The van der Waals surface area contributed by atoms with Crippen LogP contribution in [0.15, 0.2) is 0 Å². The molecule has 2 atom stereocenters. The van der Waals surface area contributed by atoms with Crippen molar-refractivity contribution in [3.63, 3.8) is 0 Å². The first-order valence-corrected chi connectivity index (χ1v) is 6.40. The van der Waals surface area contributed by atoms with Crippen LogP contribution in [0.5, 0.6) is 0 Å². The highest BCUT2D eigenvalue weighted by Crippen LogP contribution is 2.14. The molecule has 0 bridgehead atoms. The van der Waals surface area contributed by atoms with Crippen LogP contribution < -0.4 is 5.32 Å². The topological polar surface area (TPSA) is 99.1 Å². The maximum Gasteiger partial charge on any atom is 0.322 e. The molecule has 1 rings (SSSR count). The van der Waals surface area contributed by atoms with Gasteiger partial charge >= 0.3 is 14.2 Å². The number of carboxylic acids is 1. The number of carbonyl (C=O) groups is 1. The van der Waals surface area contributed by atoms with Gasteiger partial charge in [-0.1, -0.05) is 0 Å². The van der Waals surface area contributed by atoms with Crippen molar-refractivity contribution in [3.8, 4) is 0 Å². The summed E-state index contributed by atoms with van der Waals surface area (Å²) in [5.74, 6) is -0.846. The van der Waals surface area contributed by atoms with Crippen molar-refractivity contribution in [2.75, 3.05) is 32.8 Å². The van der Waals surface area contributed by atoms with Crippen LogP contribution in [0.1, 0.15) is 6.42 Å². The molecule has 3 N–H and O–H groups in total. The normalized spacial score (nSPS) is 24.2. The second-order valence-electron chi connectivity index (χ2n) is 3.61. The molecular formula is C8H17N2O5P. The molecule has 1 aliphatic heterocycles. The molecule has 1 unspecified atom stereocenters. The minimum atomic E-state index is -2.84. The molecule has 7 nitrogen and oxygen atoms in total. The molecule has 0 aliphatic carbocycles. The number of aliphatic carboxylic acids is 1. The molecule has 94 valence electrons. The van der Waals surface area contributed by atoms with Crippen LogP contribution >= 0.6 is 8.25 Å². The number of piperazine rings is 1. The lowest BCUT2D eigenvalue weighted by molar-refractivity contribution is -0.140. The van der Waals surface area contributed by atoms with Crippen LogP contribution in [0, 0.1) is 0 Å². The predicted octanol–water partition coefficient (Wildman–Crippen LogP) is -0.867. The maximum absolute atomic E-state index is 10.7. The second-order valence-corrected chi connectivity index (χ2v) is 4.43. The van der Waals surface area contributed by atoms with E-state index in [1.165, 1.54) is 0 Å². The molecule has 1 heterocycles. The Balaban J connectivity index is 2.17. The molecule has 0 aromatic carbocycles. The number of carboxylic acid groups (broad SMARTS) is 1. The molecule has 0 aromatic rings. The average Bonchev–Trinajstić information content (AvgIpc) is 2.24. The lowest BCUT2D eigenvalue weighted by atomic mass is 10.2. The van der Waals surface area contributed by atoms with Gasteiger partial charge in [-0.3, -0.25) is 14.3 Å². The van der Waals surface area contributed by atoms with Crippen molar-refractivity contribution < 1.29 is 23.9 Å². The summed E-state index contributed by atoms with van der Waals surface area (Å²) in [6.07, 6.45) is 0.628. The van der Waals surface area contributed by atoms with Gasteiger partial charge in [-0.05, 0) is 6.42 Å². The number of nitrogens with zero attached hydrogens (tertiary/aromatic N) is 1. The molecule has 0 radical (unpaired) electrons. The minimum absolute atomic E-state index is 0.232. The maximum atomic E-state index is 10.7. The molecule has 0 saturated carbocycles. The summed E-state index contributed by atoms with van der Waals surface area (Å²) in [6, 6.07) is -0.522. The Hall–Kier alpha value is -0.460. The third-order valence-corrected chi connectivity index (χ3v) is 2.85. The fourth-order valence-electron chi connectivity index (χ4n) is 1.63. The summed E-state index contributed by atoms with van der Waals surface area (Å²) in [7, 11) is -2.84. The van der Waals surface area contributed by atoms with Gasteiger partial charge in [-0.25, -0.2) is 0 Å². The van der Waals surface area contributed by atoms with Crippen molar-refractivity contribution in [3.05, 3.63) is 0 Å². The monoisotopic (exact) mass is 252 g/mol. The third kappa shape index (κ3) is 5.05. The molecule has 1 saturated heterocycles. The van der Waals surface area contributed by atoms with E-state index >= 15 is 0 Å². The van der Waals surface area contributed by atoms with Gasteiger partial charge in [-0.15, -0.1) is 0 Å². The highest BCUT2D eigenvalue weighted by atomic mass is 31.1. The van der Waals surface area contributed by atoms with Gasteiger partial charge in [0.25, 0.3) is 0 Å². The van der Waals surface area contributed by atoms with E-state index < -0.39 is 20.3 Å². The Morgan fingerprint density at radius 2 is 2.38 bits per heavy atom. The van der Waals surface area contributed by atoms with Crippen LogP contribution in [-0.4, -0.2) is 59.7 Å². The zero-order valence-electron chi connectivity index (χ0n) is 8.89. The Kier molecular flexibility index (Phi) is 5.94. The lowest BCUT2D eigenvalue weighted by Gasteiger charge is -2.31. The van der Waals surface area contributed by atoms with Crippen LogP contribution in [0.4, 0.5) is 0 Å². The number of rotatable bonds is 6. The van der Waals surface area contributed by atoms with E-state index in [-0.39, 0.29) is 6.61 Å². The van der Waals surface area contributed by atoms with E-state index in [0.717, 1.165) is 6.54 Å². The SMILES string of the molecule is O=C(O)[C@H]1CN(CCCO[PH](=O)O)CCN1. The molecule has 8 heteroatoms. The molecule has 0 spiro atoms. The Morgan fingerprint density at radius 1 is 1.62 bits per heavy atom. The van der Waals surface area contributed by atoms with Crippen LogP contribution in [0.3, 0.4) is 0 Å². The van der Waals surface area contributed by atoms with Crippen molar-refractivity contribution in [1.29, 1.82) is 0 Å². The molecule has 1 aliphatic rings. The smallest absolute Gasteiger partial charge is 0.322 e. The Bertz CT molecular complexity index is 263. The van der Waals surface area contributed by atoms with Crippen molar-refractivity contribution >= 4 is 14.2 Å². The van der Waals surface area contributed by atoms with E-state index in [0.29, 0.717) is 26.1 Å². The fraction of sp³-hybridized carbons (Fsp3) is 0.875. The molecular weight excluding hydrogens is 235 g/mol. The molecule has 16 heavy (non-hydrogen) atoms. The molecule has 1 fully saturated rings. The van der Waals surface area contributed by atoms with Crippen LogP contribution in [0.25, 0.3) is 0 Å².